The molecular formula is C13H16F5NO. The summed E-state index contributed by atoms with van der Waals surface area (Å²) in [5.74, 6) is -10.0. The van der Waals surface area contributed by atoms with Gasteiger partial charge in [-0.2, -0.15) is 0 Å². The largest absolute Gasteiger partial charge is 0.396 e. The van der Waals surface area contributed by atoms with E-state index in [0.717, 1.165) is 0 Å². The summed E-state index contributed by atoms with van der Waals surface area (Å²) < 4.78 is 66.2. The Morgan fingerprint density at radius 2 is 1.30 bits per heavy atom. The van der Waals surface area contributed by atoms with Crippen LogP contribution in [-0.2, 0) is 0 Å². The van der Waals surface area contributed by atoms with Crippen LogP contribution in [0.25, 0.3) is 0 Å². The molecule has 114 valence electrons. The monoisotopic (exact) mass is 297 g/mol. The summed E-state index contributed by atoms with van der Waals surface area (Å²) in [5.41, 5.74) is -1.63. The van der Waals surface area contributed by atoms with Gasteiger partial charge in [-0.25, -0.2) is 22.0 Å². The number of benzene rings is 1. The Balaban J connectivity index is 3.27. The Kier molecular flexibility index (Phi) is 4.96. The maximum absolute atomic E-state index is 13.5. The first kappa shape index (κ1) is 16.7. The van der Waals surface area contributed by atoms with Crippen LogP contribution in [0.5, 0.6) is 0 Å². The van der Waals surface area contributed by atoms with Crippen molar-refractivity contribution in [1.29, 1.82) is 0 Å². The number of aliphatic hydroxyl groups excluding tert-OH is 1. The Labute approximate surface area is 113 Å². The van der Waals surface area contributed by atoms with Gasteiger partial charge in [-0.15, -0.1) is 0 Å². The van der Waals surface area contributed by atoms with Crippen molar-refractivity contribution in [2.75, 3.05) is 11.9 Å². The average molecular weight is 297 g/mol. The number of aliphatic hydroxyl groups is 1. The molecule has 0 fully saturated rings. The number of rotatable bonds is 4. The van der Waals surface area contributed by atoms with E-state index in [-0.39, 0.29) is 13.0 Å². The molecule has 0 bridgehead atoms. The maximum Gasteiger partial charge on any atom is 0.200 e. The lowest BCUT2D eigenvalue weighted by Gasteiger charge is -2.32. The van der Waals surface area contributed by atoms with Crippen LogP contribution in [-0.4, -0.2) is 17.8 Å². The van der Waals surface area contributed by atoms with E-state index in [1.54, 1.807) is 20.8 Å². The molecule has 7 heteroatoms. The highest BCUT2D eigenvalue weighted by molar-refractivity contribution is 5.48. The van der Waals surface area contributed by atoms with Crippen LogP contribution in [0.2, 0.25) is 0 Å². The first-order valence-electron chi connectivity index (χ1n) is 6.00. The predicted octanol–water partition coefficient (Wildman–Crippen LogP) is 3.59. The van der Waals surface area contributed by atoms with Gasteiger partial charge in [-0.3, -0.25) is 0 Å². The molecular weight excluding hydrogens is 281 g/mol. The maximum atomic E-state index is 13.5. The van der Waals surface area contributed by atoms with Crippen LogP contribution in [0.4, 0.5) is 27.6 Å². The van der Waals surface area contributed by atoms with E-state index in [1.807, 2.05) is 0 Å². The van der Waals surface area contributed by atoms with E-state index in [0.29, 0.717) is 0 Å². The van der Waals surface area contributed by atoms with Crippen molar-refractivity contribution in [3.63, 3.8) is 0 Å². The molecule has 1 aromatic rings. The number of hydrogen-bond donors (Lipinski definition) is 2. The average Bonchev–Trinajstić information content (AvgIpc) is 2.36. The van der Waals surface area contributed by atoms with Gasteiger partial charge < -0.3 is 10.4 Å². The molecule has 0 aliphatic rings. The highest BCUT2D eigenvalue weighted by Crippen LogP contribution is 2.31. The zero-order valence-corrected chi connectivity index (χ0v) is 11.3. The Hall–Kier alpha value is -1.37. The van der Waals surface area contributed by atoms with Crippen molar-refractivity contribution in [2.24, 2.45) is 5.41 Å². The molecule has 0 aliphatic heterocycles. The third-order valence-electron chi connectivity index (χ3n) is 2.99. The molecule has 0 heterocycles. The molecule has 2 nitrogen and oxygen atoms in total. The third-order valence-corrected chi connectivity index (χ3v) is 2.99. The summed E-state index contributed by atoms with van der Waals surface area (Å²) in [4.78, 5) is 0. The highest BCUT2D eigenvalue weighted by Gasteiger charge is 2.30. The third kappa shape index (κ3) is 3.20. The number of halogens is 5. The van der Waals surface area contributed by atoms with Crippen molar-refractivity contribution >= 4 is 5.69 Å². The molecule has 0 spiro atoms. The molecule has 1 unspecified atom stereocenters. The molecule has 0 radical (unpaired) electrons. The van der Waals surface area contributed by atoms with E-state index in [2.05, 4.69) is 5.32 Å². The molecule has 0 saturated carbocycles. The topological polar surface area (TPSA) is 32.3 Å². The number of hydrogen-bond acceptors (Lipinski definition) is 2. The Morgan fingerprint density at radius 3 is 1.65 bits per heavy atom. The minimum absolute atomic E-state index is 0.100. The lowest BCUT2D eigenvalue weighted by molar-refractivity contribution is 0.234. The van der Waals surface area contributed by atoms with E-state index in [4.69, 9.17) is 5.11 Å². The van der Waals surface area contributed by atoms with Gasteiger partial charge in [-0.05, 0) is 11.8 Å². The van der Waals surface area contributed by atoms with E-state index in [9.17, 15) is 22.0 Å². The molecule has 1 rings (SSSR count). The Bertz CT molecular complexity index is 470. The normalized spacial score (nSPS) is 13.4. The lowest BCUT2D eigenvalue weighted by Crippen LogP contribution is -2.35. The standard InChI is InChI=1S/C13H16F5NO/c1-13(2,3)6(4-5-20)19-12-10(17)8(15)7(14)9(16)11(12)18/h6,19-20H,4-5H2,1-3H3. The second kappa shape index (κ2) is 5.95. The molecule has 1 atom stereocenters. The first-order valence-corrected chi connectivity index (χ1v) is 6.00. The fourth-order valence-electron chi connectivity index (χ4n) is 1.76. The zero-order chi connectivity index (χ0) is 15.7. The summed E-state index contributed by atoms with van der Waals surface area (Å²) in [6, 6.07) is -0.666. The van der Waals surface area contributed by atoms with E-state index in [1.165, 1.54) is 0 Å². The molecule has 20 heavy (non-hydrogen) atoms. The molecule has 0 amide bonds. The van der Waals surface area contributed by atoms with Crippen molar-refractivity contribution in [3.8, 4) is 0 Å². The fourth-order valence-corrected chi connectivity index (χ4v) is 1.76. The highest BCUT2D eigenvalue weighted by atomic mass is 19.2. The second-order valence-electron chi connectivity index (χ2n) is 5.52. The number of anilines is 1. The molecule has 2 N–H and O–H groups in total. The van der Waals surface area contributed by atoms with Crippen molar-refractivity contribution in [1.82, 2.24) is 0 Å². The van der Waals surface area contributed by atoms with Gasteiger partial charge >= 0.3 is 0 Å². The molecule has 1 aromatic carbocycles. The summed E-state index contributed by atoms with van der Waals surface area (Å²) >= 11 is 0. The van der Waals surface area contributed by atoms with Crippen LogP contribution >= 0.6 is 0 Å². The smallest absolute Gasteiger partial charge is 0.200 e. The van der Waals surface area contributed by atoms with Crippen molar-refractivity contribution in [3.05, 3.63) is 29.1 Å². The number of nitrogens with one attached hydrogen (secondary N) is 1. The van der Waals surface area contributed by atoms with Gasteiger partial charge in [0.05, 0.1) is 0 Å². The summed E-state index contributed by atoms with van der Waals surface area (Å²) in [6.07, 6.45) is 0.100. The van der Waals surface area contributed by atoms with Crippen molar-refractivity contribution in [2.45, 2.75) is 33.2 Å². The van der Waals surface area contributed by atoms with Crippen LogP contribution in [0.15, 0.2) is 0 Å². The summed E-state index contributed by atoms with van der Waals surface area (Å²) in [7, 11) is 0. The first-order chi connectivity index (χ1) is 9.11. The van der Waals surface area contributed by atoms with Crippen LogP contribution in [0, 0.1) is 34.5 Å². The quantitative estimate of drug-likeness (QED) is 0.506. The van der Waals surface area contributed by atoms with Gasteiger partial charge in [0.1, 0.15) is 5.69 Å². The fraction of sp³-hybridized carbons (Fsp3) is 0.538. The Morgan fingerprint density at radius 1 is 0.900 bits per heavy atom. The second-order valence-corrected chi connectivity index (χ2v) is 5.52. The van der Waals surface area contributed by atoms with Crippen molar-refractivity contribution < 1.29 is 27.1 Å². The van der Waals surface area contributed by atoms with Crippen LogP contribution in [0.3, 0.4) is 0 Å². The van der Waals surface area contributed by atoms with Gasteiger partial charge in [0.15, 0.2) is 23.3 Å². The molecule has 0 saturated heterocycles. The summed E-state index contributed by atoms with van der Waals surface area (Å²) in [5, 5.41) is 11.2. The van der Waals surface area contributed by atoms with E-state index >= 15 is 0 Å². The van der Waals surface area contributed by atoms with Crippen LogP contribution < -0.4 is 5.32 Å². The van der Waals surface area contributed by atoms with Gasteiger partial charge in [0.2, 0.25) is 5.82 Å². The van der Waals surface area contributed by atoms with E-state index < -0.39 is 46.2 Å². The SMILES string of the molecule is CC(C)(C)C(CCO)Nc1c(F)c(F)c(F)c(F)c1F. The predicted molar refractivity (Wildman–Crippen MR) is 64.8 cm³/mol. The minimum Gasteiger partial charge on any atom is -0.396 e. The molecule has 0 aliphatic carbocycles. The van der Waals surface area contributed by atoms with Gasteiger partial charge in [0.25, 0.3) is 0 Å². The summed E-state index contributed by atoms with van der Waals surface area (Å²) in [6.45, 7) is 4.86. The molecule has 0 aromatic heterocycles. The van der Waals surface area contributed by atoms with Crippen LogP contribution in [0.1, 0.15) is 27.2 Å². The van der Waals surface area contributed by atoms with Gasteiger partial charge in [-0.1, -0.05) is 20.8 Å². The lowest BCUT2D eigenvalue weighted by atomic mass is 9.84. The minimum atomic E-state index is -2.19. The zero-order valence-electron chi connectivity index (χ0n) is 11.3. The van der Waals surface area contributed by atoms with Gasteiger partial charge in [0, 0.05) is 12.6 Å².